The first-order valence-electron chi connectivity index (χ1n) is 12.3. The van der Waals surface area contributed by atoms with Gasteiger partial charge >= 0.3 is 5.97 Å². The summed E-state index contributed by atoms with van der Waals surface area (Å²) in [7, 11) is 1.81. The molecule has 0 saturated carbocycles. The summed E-state index contributed by atoms with van der Waals surface area (Å²) in [5.74, 6) is 0.353. The van der Waals surface area contributed by atoms with Crippen LogP contribution in [0.5, 0.6) is 0 Å². The summed E-state index contributed by atoms with van der Waals surface area (Å²) in [6.07, 6.45) is 4.19. The van der Waals surface area contributed by atoms with Crippen molar-refractivity contribution in [2.45, 2.75) is 60.0 Å². The Balaban J connectivity index is 2.13. The number of rotatable bonds is 10. The number of carbonyl (C=O) groups is 1. The highest BCUT2D eigenvalue weighted by molar-refractivity contribution is 6.02. The second kappa shape index (κ2) is 12.4. The molecule has 2 aromatic carbocycles. The molecule has 7 nitrogen and oxygen atoms in total. The maximum atomic E-state index is 11.6. The smallest absolute Gasteiger partial charge is 0.305 e. The average molecular weight is 489 g/mol. The van der Waals surface area contributed by atoms with E-state index in [0.29, 0.717) is 25.3 Å². The van der Waals surface area contributed by atoms with Gasteiger partial charge in [0.15, 0.2) is 5.82 Å². The number of hydrogen-bond donors (Lipinski definition) is 1. The standard InChI is InChI=1S/C29H36N4O3/c1-7-36-27(35)10-8-9-23(34)13-16-26(29-30-31-32-33(29)6)28(24-14-11-19(2)17-21(24)4)25-15-12-20(3)18-22(25)5/h11-18,23,34H,7-10H2,1-6H3/b16-13+. The zero-order valence-corrected chi connectivity index (χ0v) is 22.1. The van der Waals surface area contributed by atoms with Gasteiger partial charge in [0, 0.05) is 24.6 Å². The van der Waals surface area contributed by atoms with Gasteiger partial charge in [0.1, 0.15) is 0 Å². The summed E-state index contributed by atoms with van der Waals surface area (Å²) in [6.45, 7) is 10.5. The molecule has 0 aliphatic heterocycles. The third kappa shape index (κ3) is 6.76. The average Bonchev–Trinajstić information content (AvgIpc) is 3.23. The summed E-state index contributed by atoms with van der Waals surface area (Å²) in [6, 6.07) is 12.8. The third-order valence-corrected chi connectivity index (χ3v) is 6.10. The zero-order chi connectivity index (χ0) is 26.2. The lowest BCUT2D eigenvalue weighted by atomic mass is 9.86. The molecule has 1 aromatic heterocycles. The molecule has 36 heavy (non-hydrogen) atoms. The SMILES string of the molecule is CCOC(=O)CCCC(O)/C=C/C(=C(c1ccc(C)cc1C)c1ccc(C)cc1C)c1nnnn1C. The first kappa shape index (κ1) is 27.0. The van der Waals surface area contributed by atoms with Crippen LogP contribution in [0.15, 0.2) is 48.6 Å². The predicted molar refractivity (Wildman–Crippen MR) is 142 cm³/mol. The van der Waals surface area contributed by atoms with Crippen molar-refractivity contribution in [1.29, 1.82) is 0 Å². The molecule has 0 radical (unpaired) electrons. The first-order valence-corrected chi connectivity index (χ1v) is 12.3. The molecule has 3 rings (SSSR count). The van der Waals surface area contributed by atoms with E-state index in [2.05, 4.69) is 79.6 Å². The van der Waals surface area contributed by atoms with Crippen molar-refractivity contribution in [2.24, 2.45) is 7.05 Å². The Morgan fingerprint density at radius 3 is 2.17 bits per heavy atom. The first-order chi connectivity index (χ1) is 17.2. The van der Waals surface area contributed by atoms with Crippen molar-refractivity contribution < 1.29 is 14.6 Å². The molecule has 1 heterocycles. The Morgan fingerprint density at radius 2 is 1.67 bits per heavy atom. The number of allylic oxidation sites excluding steroid dienone is 2. The molecule has 0 aliphatic rings. The van der Waals surface area contributed by atoms with Crippen molar-refractivity contribution in [1.82, 2.24) is 20.2 Å². The number of nitrogens with zero attached hydrogens (tertiary/aromatic N) is 4. The van der Waals surface area contributed by atoms with Gasteiger partial charge in [0.25, 0.3) is 0 Å². The Kier molecular flexibility index (Phi) is 9.31. The van der Waals surface area contributed by atoms with Crippen LogP contribution in [0.2, 0.25) is 0 Å². The van der Waals surface area contributed by atoms with Crippen LogP contribution in [0.1, 0.15) is 65.4 Å². The summed E-state index contributed by atoms with van der Waals surface area (Å²) < 4.78 is 6.62. The molecule has 0 bridgehead atoms. The number of aliphatic hydroxyl groups excluding tert-OH is 1. The van der Waals surface area contributed by atoms with E-state index < -0.39 is 6.10 Å². The number of benzene rings is 2. The summed E-state index contributed by atoms with van der Waals surface area (Å²) in [5.41, 5.74) is 8.61. The molecule has 0 fully saturated rings. The minimum atomic E-state index is -0.727. The maximum Gasteiger partial charge on any atom is 0.305 e. The number of aryl methyl sites for hydroxylation is 5. The Morgan fingerprint density at radius 1 is 1.06 bits per heavy atom. The van der Waals surface area contributed by atoms with Gasteiger partial charge in [-0.1, -0.05) is 59.7 Å². The fraction of sp³-hybridized carbons (Fsp3) is 0.379. The minimum absolute atomic E-state index is 0.244. The van der Waals surface area contributed by atoms with E-state index in [9.17, 15) is 9.90 Å². The lowest BCUT2D eigenvalue weighted by Gasteiger charge is -2.19. The predicted octanol–water partition coefficient (Wildman–Crippen LogP) is 5.05. The van der Waals surface area contributed by atoms with Crippen LogP contribution in [0.3, 0.4) is 0 Å². The molecular formula is C29H36N4O3. The quantitative estimate of drug-likeness (QED) is 0.317. The van der Waals surface area contributed by atoms with Crippen molar-refractivity contribution >= 4 is 17.1 Å². The van der Waals surface area contributed by atoms with E-state index in [0.717, 1.165) is 33.4 Å². The van der Waals surface area contributed by atoms with E-state index in [4.69, 9.17) is 4.74 Å². The van der Waals surface area contributed by atoms with Crippen LogP contribution < -0.4 is 0 Å². The Labute approximate surface area is 213 Å². The molecule has 0 saturated heterocycles. The van der Waals surface area contributed by atoms with E-state index in [1.165, 1.54) is 11.1 Å². The molecule has 3 aromatic rings. The lowest BCUT2D eigenvalue weighted by molar-refractivity contribution is -0.143. The summed E-state index contributed by atoms with van der Waals surface area (Å²) >= 11 is 0. The van der Waals surface area contributed by atoms with Crippen molar-refractivity contribution in [3.63, 3.8) is 0 Å². The fourth-order valence-electron chi connectivity index (χ4n) is 4.34. The van der Waals surface area contributed by atoms with Gasteiger partial charge in [-0.2, -0.15) is 0 Å². The van der Waals surface area contributed by atoms with E-state index in [1.807, 2.05) is 6.08 Å². The van der Waals surface area contributed by atoms with E-state index in [-0.39, 0.29) is 12.4 Å². The topological polar surface area (TPSA) is 90.1 Å². The third-order valence-electron chi connectivity index (χ3n) is 6.10. The van der Waals surface area contributed by atoms with Crippen LogP contribution in [-0.4, -0.2) is 44.0 Å². The number of tetrazole rings is 1. The number of hydrogen-bond acceptors (Lipinski definition) is 6. The lowest BCUT2D eigenvalue weighted by Crippen LogP contribution is -2.08. The molecule has 1 unspecified atom stereocenters. The van der Waals surface area contributed by atoms with Gasteiger partial charge in [0.2, 0.25) is 0 Å². The summed E-state index contributed by atoms with van der Waals surface area (Å²) in [5, 5.41) is 23.0. The van der Waals surface area contributed by atoms with Gasteiger partial charge in [0.05, 0.1) is 12.7 Å². The number of aromatic nitrogens is 4. The van der Waals surface area contributed by atoms with Crippen LogP contribution in [0.25, 0.3) is 11.1 Å². The van der Waals surface area contributed by atoms with Crippen LogP contribution in [0.4, 0.5) is 0 Å². The number of ether oxygens (including phenoxy) is 1. The van der Waals surface area contributed by atoms with Crippen molar-refractivity contribution in [2.75, 3.05) is 6.61 Å². The number of aliphatic hydroxyl groups is 1. The maximum absolute atomic E-state index is 11.6. The molecule has 1 N–H and O–H groups in total. The number of carbonyl (C=O) groups excluding carboxylic acids is 1. The molecule has 0 aliphatic carbocycles. The second-order valence-corrected chi connectivity index (χ2v) is 9.18. The zero-order valence-electron chi connectivity index (χ0n) is 22.1. The van der Waals surface area contributed by atoms with Gasteiger partial charge < -0.3 is 9.84 Å². The highest BCUT2D eigenvalue weighted by Crippen LogP contribution is 2.36. The molecule has 0 spiro atoms. The Bertz CT molecular complexity index is 1220. The van der Waals surface area contributed by atoms with Gasteiger partial charge in [-0.05, 0) is 80.1 Å². The van der Waals surface area contributed by atoms with Gasteiger partial charge in [-0.3, -0.25) is 4.79 Å². The van der Waals surface area contributed by atoms with Crippen molar-refractivity contribution in [3.8, 4) is 0 Å². The highest BCUT2D eigenvalue weighted by atomic mass is 16.5. The van der Waals surface area contributed by atoms with Crippen molar-refractivity contribution in [3.05, 3.63) is 87.8 Å². The summed E-state index contributed by atoms with van der Waals surface area (Å²) in [4.78, 5) is 11.6. The minimum Gasteiger partial charge on any atom is -0.466 e. The normalized spacial score (nSPS) is 12.1. The Hall–Kier alpha value is -3.58. The molecule has 190 valence electrons. The van der Waals surface area contributed by atoms with Gasteiger partial charge in [-0.15, -0.1) is 5.10 Å². The van der Waals surface area contributed by atoms with E-state index in [1.54, 1.807) is 24.7 Å². The van der Waals surface area contributed by atoms with Gasteiger partial charge in [-0.25, -0.2) is 4.68 Å². The second-order valence-electron chi connectivity index (χ2n) is 9.18. The highest BCUT2D eigenvalue weighted by Gasteiger charge is 2.20. The molecular weight excluding hydrogens is 452 g/mol. The largest absolute Gasteiger partial charge is 0.466 e. The monoisotopic (exact) mass is 488 g/mol. The number of esters is 1. The molecule has 7 heteroatoms. The fourth-order valence-corrected chi connectivity index (χ4v) is 4.34. The molecule has 0 amide bonds. The van der Waals surface area contributed by atoms with Crippen LogP contribution in [-0.2, 0) is 16.6 Å². The van der Waals surface area contributed by atoms with Crippen LogP contribution >= 0.6 is 0 Å². The van der Waals surface area contributed by atoms with Crippen LogP contribution in [0, 0.1) is 27.7 Å². The molecule has 1 atom stereocenters. The van der Waals surface area contributed by atoms with E-state index >= 15 is 0 Å².